The third-order valence-electron chi connectivity index (χ3n) is 2.56. The zero-order chi connectivity index (χ0) is 15.5. The number of rotatable bonds is 6. The van der Waals surface area contributed by atoms with Gasteiger partial charge in [0.15, 0.2) is 5.41 Å². The van der Waals surface area contributed by atoms with Gasteiger partial charge in [0.1, 0.15) is 0 Å². The van der Waals surface area contributed by atoms with Gasteiger partial charge in [-0.3, -0.25) is 0 Å². The maximum atomic E-state index is 12.5. The standard InChI is InChI=1S/C8H13F6NO3S/c1-6(7(9,10)11,8(12,13)14)2-5-19(17,18)15-3-4-16/h15-16H,2-5H2,1H3. The van der Waals surface area contributed by atoms with Gasteiger partial charge in [-0.15, -0.1) is 0 Å². The summed E-state index contributed by atoms with van der Waals surface area (Å²) in [5, 5.41) is 8.33. The van der Waals surface area contributed by atoms with Gasteiger partial charge in [-0.05, 0) is 13.3 Å². The molecule has 0 bridgehead atoms. The summed E-state index contributed by atoms with van der Waals surface area (Å²) in [5.41, 5.74) is -4.10. The molecule has 0 aromatic carbocycles. The van der Waals surface area contributed by atoms with E-state index in [4.69, 9.17) is 5.11 Å². The zero-order valence-corrected chi connectivity index (χ0v) is 10.6. The number of hydrogen-bond donors (Lipinski definition) is 2. The number of aliphatic hydroxyl groups excluding tert-OH is 1. The molecule has 4 nitrogen and oxygen atoms in total. The Hall–Kier alpha value is -0.550. The van der Waals surface area contributed by atoms with Crippen molar-refractivity contribution in [2.75, 3.05) is 18.9 Å². The summed E-state index contributed by atoms with van der Waals surface area (Å²) in [5.74, 6) is -1.34. The maximum Gasteiger partial charge on any atom is 0.402 e. The van der Waals surface area contributed by atoms with Crippen molar-refractivity contribution in [2.45, 2.75) is 25.7 Å². The van der Waals surface area contributed by atoms with Gasteiger partial charge in [0.2, 0.25) is 10.0 Å². The van der Waals surface area contributed by atoms with Crippen molar-refractivity contribution in [3.8, 4) is 0 Å². The lowest BCUT2D eigenvalue weighted by Gasteiger charge is -2.33. The molecule has 0 aliphatic heterocycles. The van der Waals surface area contributed by atoms with Crippen LogP contribution >= 0.6 is 0 Å². The Morgan fingerprint density at radius 1 is 1.05 bits per heavy atom. The molecule has 0 aliphatic rings. The van der Waals surface area contributed by atoms with E-state index in [1.54, 1.807) is 4.72 Å². The molecule has 0 aromatic rings. The minimum Gasteiger partial charge on any atom is -0.395 e. The SMILES string of the molecule is CC(CCS(=O)(=O)NCCO)(C(F)(F)F)C(F)(F)F. The lowest BCUT2D eigenvalue weighted by molar-refractivity contribution is -0.334. The summed E-state index contributed by atoms with van der Waals surface area (Å²) in [7, 11) is -4.31. The average Bonchev–Trinajstić information content (AvgIpc) is 2.20. The van der Waals surface area contributed by atoms with Crippen LogP contribution in [0.3, 0.4) is 0 Å². The second-order valence-corrected chi connectivity index (χ2v) is 5.94. The molecule has 0 fully saturated rings. The van der Waals surface area contributed by atoms with E-state index in [1.807, 2.05) is 0 Å². The van der Waals surface area contributed by atoms with Crippen LogP contribution in [-0.4, -0.2) is 44.8 Å². The molecule has 0 atom stereocenters. The van der Waals surface area contributed by atoms with E-state index >= 15 is 0 Å². The highest BCUT2D eigenvalue weighted by Crippen LogP contribution is 2.52. The molecule has 0 heterocycles. The minimum absolute atomic E-state index is 0.0887. The highest BCUT2D eigenvalue weighted by atomic mass is 32.2. The first-order valence-corrected chi connectivity index (χ1v) is 6.64. The van der Waals surface area contributed by atoms with E-state index in [1.165, 1.54) is 0 Å². The molecule has 0 spiro atoms. The number of hydrogen-bond acceptors (Lipinski definition) is 3. The molecule has 116 valence electrons. The Bertz CT molecular complexity index is 374. The van der Waals surface area contributed by atoms with Crippen molar-refractivity contribution in [2.24, 2.45) is 5.41 Å². The lowest BCUT2D eigenvalue weighted by Crippen LogP contribution is -2.49. The third-order valence-corrected chi connectivity index (χ3v) is 3.94. The van der Waals surface area contributed by atoms with Gasteiger partial charge in [0.25, 0.3) is 0 Å². The summed E-state index contributed by atoms with van der Waals surface area (Å²) in [6, 6.07) is 0. The molecule has 0 aromatic heterocycles. The predicted octanol–water partition coefficient (Wildman–Crippen LogP) is 1.42. The molecule has 0 unspecified atom stereocenters. The van der Waals surface area contributed by atoms with E-state index < -0.39 is 53.1 Å². The predicted molar refractivity (Wildman–Crippen MR) is 53.7 cm³/mol. The van der Waals surface area contributed by atoms with Crippen LogP contribution in [0.15, 0.2) is 0 Å². The number of sulfonamides is 1. The van der Waals surface area contributed by atoms with Gasteiger partial charge in [0, 0.05) is 6.54 Å². The Kier molecular flexibility index (Phi) is 5.67. The number of nitrogens with one attached hydrogen (secondary N) is 1. The molecule has 0 saturated heterocycles. The molecule has 0 amide bonds. The fraction of sp³-hybridized carbons (Fsp3) is 1.00. The van der Waals surface area contributed by atoms with Crippen LogP contribution in [0.2, 0.25) is 0 Å². The Morgan fingerprint density at radius 3 is 1.79 bits per heavy atom. The average molecular weight is 317 g/mol. The molecule has 0 aliphatic carbocycles. The second kappa shape index (κ2) is 5.83. The highest BCUT2D eigenvalue weighted by molar-refractivity contribution is 7.89. The van der Waals surface area contributed by atoms with Crippen LogP contribution < -0.4 is 4.72 Å². The van der Waals surface area contributed by atoms with Gasteiger partial charge < -0.3 is 5.11 Å². The van der Waals surface area contributed by atoms with Crippen molar-refractivity contribution in [1.29, 1.82) is 0 Å². The van der Waals surface area contributed by atoms with Crippen LogP contribution in [0.4, 0.5) is 26.3 Å². The fourth-order valence-corrected chi connectivity index (χ4v) is 2.28. The molecule has 19 heavy (non-hydrogen) atoms. The van der Waals surface area contributed by atoms with E-state index in [9.17, 15) is 34.8 Å². The van der Waals surface area contributed by atoms with Crippen LogP contribution in [0, 0.1) is 5.41 Å². The summed E-state index contributed by atoms with van der Waals surface area (Å²) in [4.78, 5) is 0. The molecule has 2 N–H and O–H groups in total. The number of aliphatic hydroxyl groups is 1. The summed E-state index contributed by atoms with van der Waals surface area (Å²) >= 11 is 0. The molecular weight excluding hydrogens is 304 g/mol. The first-order chi connectivity index (χ1) is 8.27. The van der Waals surface area contributed by atoms with Crippen LogP contribution in [0.25, 0.3) is 0 Å². The van der Waals surface area contributed by atoms with Crippen molar-refractivity contribution in [3.05, 3.63) is 0 Å². The van der Waals surface area contributed by atoms with Crippen LogP contribution in [-0.2, 0) is 10.0 Å². The van der Waals surface area contributed by atoms with Gasteiger partial charge >= 0.3 is 12.4 Å². The summed E-state index contributed by atoms with van der Waals surface area (Å²) < 4.78 is 98.7. The van der Waals surface area contributed by atoms with E-state index in [2.05, 4.69) is 0 Å². The Morgan fingerprint density at radius 2 is 1.47 bits per heavy atom. The maximum absolute atomic E-state index is 12.5. The summed E-state index contributed by atoms with van der Waals surface area (Å²) in [6.45, 7) is -1.18. The monoisotopic (exact) mass is 317 g/mol. The normalized spacial score (nSPS) is 14.7. The van der Waals surface area contributed by atoms with Gasteiger partial charge in [-0.25, -0.2) is 13.1 Å². The van der Waals surface area contributed by atoms with Crippen LogP contribution in [0.5, 0.6) is 0 Å². The van der Waals surface area contributed by atoms with E-state index in [0.717, 1.165) is 0 Å². The van der Waals surface area contributed by atoms with Crippen molar-refractivity contribution in [3.63, 3.8) is 0 Å². The minimum atomic E-state index is -5.61. The largest absolute Gasteiger partial charge is 0.402 e. The molecule has 11 heteroatoms. The second-order valence-electron chi connectivity index (χ2n) is 4.01. The lowest BCUT2D eigenvalue weighted by atomic mass is 9.86. The fourth-order valence-electron chi connectivity index (χ4n) is 1.06. The zero-order valence-electron chi connectivity index (χ0n) is 9.77. The number of alkyl halides is 6. The quantitative estimate of drug-likeness (QED) is 0.728. The molecule has 0 radical (unpaired) electrons. The van der Waals surface area contributed by atoms with Crippen molar-refractivity contribution >= 4 is 10.0 Å². The number of halogens is 6. The topological polar surface area (TPSA) is 66.4 Å². The molecule has 0 saturated carbocycles. The summed E-state index contributed by atoms with van der Waals surface area (Å²) in [6.07, 6.45) is -12.9. The Labute approximate surface area is 105 Å². The van der Waals surface area contributed by atoms with Crippen molar-refractivity contribution in [1.82, 2.24) is 4.72 Å². The molecular formula is C8H13F6NO3S. The van der Waals surface area contributed by atoms with Gasteiger partial charge in [-0.2, -0.15) is 26.3 Å². The van der Waals surface area contributed by atoms with Gasteiger partial charge in [0.05, 0.1) is 12.4 Å². The first kappa shape index (κ1) is 18.4. The molecule has 0 rings (SSSR count). The first-order valence-electron chi connectivity index (χ1n) is 4.98. The van der Waals surface area contributed by atoms with Crippen molar-refractivity contribution < 1.29 is 39.9 Å². The van der Waals surface area contributed by atoms with Crippen LogP contribution in [0.1, 0.15) is 13.3 Å². The van der Waals surface area contributed by atoms with E-state index in [-0.39, 0.29) is 6.92 Å². The third kappa shape index (κ3) is 4.80. The Balaban J connectivity index is 5.00. The smallest absolute Gasteiger partial charge is 0.395 e. The highest BCUT2D eigenvalue weighted by Gasteiger charge is 2.67. The van der Waals surface area contributed by atoms with E-state index in [0.29, 0.717) is 0 Å². The van der Waals surface area contributed by atoms with Gasteiger partial charge in [-0.1, -0.05) is 0 Å².